The van der Waals surface area contributed by atoms with Crippen LogP contribution < -0.4 is 5.73 Å². The second-order valence-electron chi connectivity index (χ2n) is 5.92. The Labute approximate surface area is 138 Å². The van der Waals surface area contributed by atoms with Gasteiger partial charge in [-0.15, -0.1) is 5.10 Å². The highest BCUT2D eigenvalue weighted by atomic mass is 35.5. The summed E-state index contributed by atoms with van der Waals surface area (Å²) in [5.74, 6) is 0.407. The first-order valence-corrected chi connectivity index (χ1v) is 7.89. The van der Waals surface area contributed by atoms with Crippen molar-refractivity contribution >= 4 is 34.4 Å². The largest absolute Gasteiger partial charge is 0.382 e. The van der Waals surface area contributed by atoms with Crippen molar-refractivity contribution in [2.75, 3.05) is 5.73 Å². The number of rotatable bonds is 2. The van der Waals surface area contributed by atoms with Crippen molar-refractivity contribution in [1.29, 1.82) is 0 Å². The molecular formula is C17H15ClN4O. The number of aryl methyl sites for hydroxylation is 1. The number of carbonyl (C=O) groups excluding carboxylic acids is 1. The van der Waals surface area contributed by atoms with E-state index in [1.807, 2.05) is 25.1 Å². The van der Waals surface area contributed by atoms with Crippen LogP contribution in [0.15, 0.2) is 30.3 Å². The van der Waals surface area contributed by atoms with E-state index in [0.29, 0.717) is 27.5 Å². The minimum atomic E-state index is -0.235. The lowest BCUT2D eigenvalue weighted by molar-refractivity contribution is 0.0949. The van der Waals surface area contributed by atoms with Crippen LogP contribution in [0.5, 0.6) is 0 Å². The monoisotopic (exact) mass is 326 g/mol. The summed E-state index contributed by atoms with van der Waals surface area (Å²) in [5, 5.41) is 5.40. The highest BCUT2D eigenvalue weighted by Crippen LogP contribution is 2.43. The van der Waals surface area contributed by atoms with Crippen molar-refractivity contribution in [3.63, 3.8) is 0 Å². The van der Waals surface area contributed by atoms with Crippen molar-refractivity contribution in [2.24, 2.45) is 0 Å². The van der Waals surface area contributed by atoms with E-state index in [-0.39, 0.29) is 11.7 Å². The highest BCUT2D eigenvalue weighted by molar-refractivity contribution is 6.32. The molecule has 2 N–H and O–H groups in total. The first kappa shape index (κ1) is 14.2. The van der Waals surface area contributed by atoms with E-state index >= 15 is 0 Å². The molecule has 1 saturated carbocycles. The molecule has 5 nitrogen and oxygen atoms in total. The lowest BCUT2D eigenvalue weighted by atomic mass is 10.1. The molecule has 1 fully saturated rings. The van der Waals surface area contributed by atoms with E-state index in [0.717, 1.165) is 24.1 Å². The Hall–Kier alpha value is -2.40. The average molecular weight is 327 g/mol. The number of aromatic nitrogens is 3. The van der Waals surface area contributed by atoms with Crippen LogP contribution in [0.2, 0.25) is 5.02 Å². The van der Waals surface area contributed by atoms with E-state index in [1.54, 1.807) is 12.1 Å². The maximum Gasteiger partial charge on any atom is 0.280 e. The van der Waals surface area contributed by atoms with Gasteiger partial charge in [0.2, 0.25) is 0 Å². The number of hydrogen-bond donors (Lipinski definition) is 1. The predicted molar refractivity (Wildman–Crippen MR) is 89.8 cm³/mol. The Morgan fingerprint density at radius 2 is 2.09 bits per heavy atom. The number of nitrogens with zero attached hydrogens (tertiary/aromatic N) is 3. The maximum absolute atomic E-state index is 12.8. The summed E-state index contributed by atoms with van der Waals surface area (Å²) in [4.78, 5) is 17.4. The Morgan fingerprint density at radius 3 is 2.78 bits per heavy atom. The smallest absolute Gasteiger partial charge is 0.280 e. The Kier molecular flexibility index (Phi) is 3.13. The van der Waals surface area contributed by atoms with Gasteiger partial charge >= 0.3 is 0 Å². The summed E-state index contributed by atoms with van der Waals surface area (Å²) >= 11 is 6.30. The third kappa shape index (κ3) is 2.28. The first-order chi connectivity index (χ1) is 11.1. The molecule has 0 saturated heterocycles. The molecule has 23 heavy (non-hydrogen) atoms. The zero-order chi connectivity index (χ0) is 16.1. The lowest BCUT2D eigenvalue weighted by Crippen LogP contribution is -2.16. The molecule has 0 unspecified atom stereocenters. The molecule has 3 aromatic rings. The second kappa shape index (κ2) is 5.06. The second-order valence-corrected chi connectivity index (χ2v) is 6.33. The van der Waals surface area contributed by atoms with E-state index in [9.17, 15) is 4.79 Å². The first-order valence-electron chi connectivity index (χ1n) is 7.51. The molecule has 1 aromatic carbocycles. The molecule has 0 radical (unpaired) electrons. The van der Waals surface area contributed by atoms with Gasteiger partial charge in [0.1, 0.15) is 0 Å². The number of benzene rings is 1. The maximum atomic E-state index is 12.8. The Balaban J connectivity index is 1.91. The van der Waals surface area contributed by atoms with Crippen LogP contribution in [0, 0.1) is 6.92 Å². The summed E-state index contributed by atoms with van der Waals surface area (Å²) in [6.07, 6.45) is 2.15. The number of pyridine rings is 1. The van der Waals surface area contributed by atoms with Gasteiger partial charge in [0.25, 0.3) is 5.91 Å². The van der Waals surface area contributed by atoms with Gasteiger partial charge in [-0.2, -0.15) is 4.68 Å². The summed E-state index contributed by atoms with van der Waals surface area (Å²) in [6.45, 7) is 1.89. The normalized spacial score (nSPS) is 14.3. The Morgan fingerprint density at radius 1 is 1.35 bits per heavy atom. The quantitative estimate of drug-likeness (QED) is 0.781. The zero-order valence-electron chi connectivity index (χ0n) is 12.6. The summed E-state index contributed by atoms with van der Waals surface area (Å²) in [5.41, 5.74) is 8.73. The summed E-state index contributed by atoms with van der Waals surface area (Å²) < 4.78 is 1.29. The molecule has 0 bridgehead atoms. The molecule has 116 valence electrons. The molecule has 0 aliphatic heterocycles. The van der Waals surface area contributed by atoms with Gasteiger partial charge in [0, 0.05) is 11.5 Å². The summed E-state index contributed by atoms with van der Waals surface area (Å²) in [6, 6.07) is 9.16. The van der Waals surface area contributed by atoms with Crippen molar-refractivity contribution in [3.8, 4) is 0 Å². The standard InChI is InChI=1S/C17H15ClN4O/c1-9-4-2-3-5-11(9)17(23)22-16-12(15(19)21-22)8-13(18)14(20-16)10-6-7-10/h2-5,8,10H,6-7H2,1H3,(H2,19,21). The van der Waals surface area contributed by atoms with Gasteiger partial charge in [-0.1, -0.05) is 29.8 Å². The summed E-state index contributed by atoms with van der Waals surface area (Å²) in [7, 11) is 0. The third-order valence-corrected chi connectivity index (χ3v) is 4.50. The van der Waals surface area contributed by atoms with E-state index < -0.39 is 0 Å². The molecule has 0 amide bonds. The predicted octanol–water partition coefficient (Wildman–Crippen LogP) is 3.54. The molecule has 4 rings (SSSR count). The number of fused-ring (bicyclic) bond motifs is 1. The topological polar surface area (TPSA) is 73.8 Å². The fourth-order valence-corrected chi connectivity index (χ4v) is 3.07. The van der Waals surface area contributed by atoms with Crippen LogP contribution in [0.1, 0.15) is 40.4 Å². The fraction of sp³-hybridized carbons (Fsp3) is 0.235. The molecule has 2 heterocycles. The third-order valence-electron chi connectivity index (χ3n) is 4.20. The van der Waals surface area contributed by atoms with Gasteiger partial charge < -0.3 is 5.73 Å². The molecule has 6 heteroatoms. The number of halogens is 1. The molecule has 1 aliphatic carbocycles. The number of carbonyl (C=O) groups is 1. The van der Waals surface area contributed by atoms with Crippen molar-refractivity contribution < 1.29 is 4.79 Å². The zero-order valence-corrected chi connectivity index (χ0v) is 13.3. The lowest BCUT2D eigenvalue weighted by Gasteiger charge is -2.06. The molecule has 0 atom stereocenters. The van der Waals surface area contributed by atoms with Crippen LogP contribution in [-0.2, 0) is 0 Å². The van der Waals surface area contributed by atoms with Crippen LogP contribution in [-0.4, -0.2) is 20.7 Å². The number of nitrogen functional groups attached to an aromatic ring is 1. The highest BCUT2D eigenvalue weighted by Gasteiger charge is 2.29. The number of nitrogens with two attached hydrogens (primary N) is 1. The van der Waals surface area contributed by atoms with E-state index in [2.05, 4.69) is 10.1 Å². The Bertz CT molecular complexity index is 943. The molecule has 1 aliphatic rings. The van der Waals surface area contributed by atoms with Gasteiger partial charge in [-0.3, -0.25) is 4.79 Å². The average Bonchev–Trinajstić information content (AvgIpc) is 3.32. The molecule has 0 spiro atoms. The van der Waals surface area contributed by atoms with Gasteiger partial charge in [0.15, 0.2) is 11.5 Å². The van der Waals surface area contributed by atoms with Gasteiger partial charge in [-0.25, -0.2) is 4.98 Å². The van der Waals surface area contributed by atoms with E-state index in [1.165, 1.54) is 4.68 Å². The van der Waals surface area contributed by atoms with Crippen LogP contribution >= 0.6 is 11.6 Å². The molecule has 2 aromatic heterocycles. The van der Waals surface area contributed by atoms with Crippen molar-refractivity contribution in [3.05, 3.63) is 52.2 Å². The van der Waals surface area contributed by atoms with Crippen LogP contribution in [0.3, 0.4) is 0 Å². The van der Waals surface area contributed by atoms with E-state index in [4.69, 9.17) is 17.3 Å². The minimum Gasteiger partial charge on any atom is -0.382 e. The van der Waals surface area contributed by atoms with Crippen LogP contribution in [0.25, 0.3) is 11.0 Å². The van der Waals surface area contributed by atoms with Gasteiger partial charge in [-0.05, 0) is 37.5 Å². The SMILES string of the molecule is Cc1ccccc1C(=O)n1nc(N)c2cc(Cl)c(C3CC3)nc21. The number of anilines is 1. The number of hydrogen-bond acceptors (Lipinski definition) is 4. The minimum absolute atomic E-state index is 0.235. The fourth-order valence-electron chi connectivity index (χ4n) is 2.76. The van der Waals surface area contributed by atoms with Crippen LogP contribution in [0.4, 0.5) is 5.82 Å². The van der Waals surface area contributed by atoms with Crippen molar-refractivity contribution in [2.45, 2.75) is 25.7 Å². The molecular weight excluding hydrogens is 312 g/mol. The van der Waals surface area contributed by atoms with Gasteiger partial charge in [0.05, 0.1) is 16.1 Å². The van der Waals surface area contributed by atoms with Crippen molar-refractivity contribution in [1.82, 2.24) is 14.8 Å².